The molecule has 0 saturated heterocycles. The van der Waals surface area contributed by atoms with Gasteiger partial charge in [-0.1, -0.05) is 6.92 Å². The first-order chi connectivity index (χ1) is 8.06. The van der Waals surface area contributed by atoms with Gasteiger partial charge in [-0.05, 0) is 13.8 Å². The van der Waals surface area contributed by atoms with E-state index in [0.717, 1.165) is 17.3 Å². The van der Waals surface area contributed by atoms with Crippen molar-refractivity contribution >= 4 is 17.7 Å². The third kappa shape index (κ3) is 4.03. The molecule has 0 bridgehead atoms. The van der Waals surface area contributed by atoms with Gasteiger partial charge >= 0.3 is 5.97 Å². The maximum absolute atomic E-state index is 11.2. The number of rotatable bonds is 6. The van der Waals surface area contributed by atoms with Crippen molar-refractivity contribution in [3.8, 4) is 0 Å². The summed E-state index contributed by atoms with van der Waals surface area (Å²) in [5.41, 5.74) is 0. The van der Waals surface area contributed by atoms with Crippen molar-refractivity contribution < 1.29 is 9.53 Å². The van der Waals surface area contributed by atoms with Crippen molar-refractivity contribution in [2.24, 2.45) is 5.92 Å². The highest BCUT2D eigenvalue weighted by Crippen LogP contribution is 2.16. The van der Waals surface area contributed by atoms with Crippen molar-refractivity contribution in [3.05, 3.63) is 12.2 Å². The van der Waals surface area contributed by atoms with Crippen molar-refractivity contribution in [2.75, 3.05) is 12.9 Å². The molecule has 17 heavy (non-hydrogen) atoms. The second-order valence-corrected chi connectivity index (χ2v) is 5.18. The van der Waals surface area contributed by atoms with Gasteiger partial charge < -0.3 is 4.74 Å². The lowest BCUT2D eigenvalue weighted by Gasteiger charge is -2.10. The highest BCUT2D eigenvalue weighted by molar-refractivity contribution is 7.98. The average molecular weight is 257 g/mol. The molecule has 0 aliphatic rings. The van der Waals surface area contributed by atoms with Gasteiger partial charge in [0.05, 0.1) is 18.8 Å². The lowest BCUT2D eigenvalue weighted by Crippen LogP contribution is -2.15. The number of ether oxygens (including phenoxy) is 1. The molecule has 6 heteroatoms. The summed E-state index contributed by atoms with van der Waals surface area (Å²) in [7, 11) is 1.42. The molecule has 0 saturated carbocycles. The lowest BCUT2D eigenvalue weighted by atomic mass is 10.2. The Morgan fingerprint density at radius 3 is 2.82 bits per heavy atom. The van der Waals surface area contributed by atoms with Crippen LogP contribution in [0.3, 0.4) is 0 Å². The summed E-state index contributed by atoms with van der Waals surface area (Å²) >= 11 is 1.67. The monoisotopic (exact) mass is 257 g/mol. The number of carbonyl (C=O) groups is 1. The van der Waals surface area contributed by atoms with Crippen molar-refractivity contribution in [1.29, 1.82) is 0 Å². The molecule has 1 atom stereocenters. The summed E-state index contributed by atoms with van der Waals surface area (Å²) in [5, 5.41) is 4.17. The van der Waals surface area contributed by atoms with E-state index in [4.69, 9.17) is 0 Å². The van der Waals surface area contributed by atoms with Crippen LogP contribution in [-0.2, 0) is 15.3 Å². The molecule has 1 aromatic rings. The fourth-order valence-electron chi connectivity index (χ4n) is 1.40. The Balaban J connectivity index is 2.41. The topological polar surface area (TPSA) is 57.0 Å². The van der Waals surface area contributed by atoms with Gasteiger partial charge in [0.1, 0.15) is 12.2 Å². The van der Waals surface area contributed by atoms with Gasteiger partial charge in [0.25, 0.3) is 0 Å². The zero-order valence-corrected chi connectivity index (χ0v) is 11.5. The highest BCUT2D eigenvalue weighted by atomic mass is 32.2. The molecular weight excluding hydrogens is 238 g/mol. The van der Waals surface area contributed by atoms with E-state index in [0.29, 0.717) is 6.04 Å². The summed E-state index contributed by atoms with van der Waals surface area (Å²) < 4.78 is 6.57. The van der Waals surface area contributed by atoms with Gasteiger partial charge in [0.15, 0.2) is 0 Å². The zero-order chi connectivity index (χ0) is 12.8. The molecule has 1 heterocycles. The smallest absolute Gasteiger partial charge is 0.309 e. The molecule has 5 nitrogen and oxygen atoms in total. The molecule has 0 amide bonds. The van der Waals surface area contributed by atoms with Gasteiger partial charge in [0.2, 0.25) is 0 Å². The first kappa shape index (κ1) is 14.0. The van der Waals surface area contributed by atoms with E-state index in [2.05, 4.69) is 28.7 Å². The molecule has 96 valence electrons. The molecule has 0 aliphatic carbocycles. The van der Waals surface area contributed by atoms with Crippen molar-refractivity contribution in [2.45, 2.75) is 32.6 Å². The Morgan fingerprint density at radius 2 is 2.24 bits per heavy atom. The van der Waals surface area contributed by atoms with E-state index in [-0.39, 0.29) is 11.9 Å². The van der Waals surface area contributed by atoms with Crippen LogP contribution in [0.2, 0.25) is 0 Å². The maximum atomic E-state index is 11.2. The van der Waals surface area contributed by atoms with E-state index in [1.165, 1.54) is 7.11 Å². The molecule has 0 aliphatic heterocycles. The second-order valence-electron chi connectivity index (χ2n) is 4.15. The number of carbonyl (C=O) groups excluding carboxylic acids is 1. The Kier molecular flexibility index (Phi) is 5.47. The number of nitrogens with zero attached hydrogens (tertiary/aromatic N) is 3. The van der Waals surface area contributed by atoms with E-state index in [1.54, 1.807) is 18.1 Å². The van der Waals surface area contributed by atoms with E-state index in [9.17, 15) is 4.79 Å². The average Bonchev–Trinajstić information content (AvgIpc) is 2.76. The van der Waals surface area contributed by atoms with Crippen LogP contribution in [0.4, 0.5) is 0 Å². The van der Waals surface area contributed by atoms with Crippen LogP contribution in [-0.4, -0.2) is 33.6 Å². The number of aromatic nitrogens is 3. The van der Waals surface area contributed by atoms with Gasteiger partial charge in [-0.3, -0.25) is 4.79 Å². The van der Waals surface area contributed by atoms with Crippen LogP contribution in [0.15, 0.2) is 6.33 Å². The van der Waals surface area contributed by atoms with Crippen LogP contribution in [0.5, 0.6) is 0 Å². The number of esters is 1. The minimum Gasteiger partial charge on any atom is -0.469 e. The minimum absolute atomic E-state index is 0.0829. The Bertz CT molecular complexity index is 365. The third-order valence-electron chi connectivity index (χ3n) is 2.34. The van der Waals surface area contributed by atoms with Gasteiger partial charge in [-0.2, -0.15) is 16.9 Å². The number of thioether (sulfide) groups is 1. The fraction of sp³-hybridized carbons (Fsp3) is 0.727. The highest BCUT2D eigenvalue weighted by Gasteiger charge is 2.14. The molecule has 1 unspecified atom stereocenters. The SMILES string of the molecule is COC(=O)C(C)CSCc1ncnn1C(C)C. The van der Waals surface area contributed by atoms with E-state index in [1.807, 2.05) is 11.6 Å². The number of hydrogen-bond acceptors (Lipinski definition) is 5. The van der Waals surface area contributed by atoms with Crippen LogP contribution < -0.4 is 0 Å². The van der Waals surface area contributed by atoms with Gasteiger partial charge in [-0.25, -0.2) is 9.67 Å². The molecule has 0 fully saturated rings. The van der Waals surface area contributed by atoms with Crippen LogP contribution in [0.25, 0.3) is 0 Å². The fourth-order valence-corrected chi connectivity index (χ4v) is 2.40. The zero-order valence-electron chi connectivity index (χ0n) is 10.7. The summed E-state index contributed by atoms with van der Waals surface area (Å²) in [5.74, 6) is 2.20. The van der Waals surface area contributed by atoms with Crippen LogP contribution in [0, 0.1) is 5.92 Å². The molecule has 0 radical (unpaired) electrons. The molecule has 1 aromatic heterocycles. The van der Waals surface area contributed by atoms with Crippen molar-refractivity contribution in [1.82, 2.24) is 14.8 Å². The largest absolute Gasteiger partial charge is 0.469 e. The summed E-state index contributed by atoms with van der Waals surface area (Å²) in [6, 6.07) is 0.311. The normalized spacial score (nSPS) is 12.8. The lowest BCUT2D eigenvalue weighted by molar-refractivity contribution is -0.143. The Labute approximate surface area is 106 Å². The number of methoxy groups -OCH3 is 1. The summed E-state index contributed by atoms with van der Waals surface area (Å²) in [6.45, 7) is 6.01. The van der Waals surface area contributed by atoms with Crippen molar-refractivity contribution in [3.63, 3.8) is 0 Å². The van der Waals surface area contributed by atoms with Crippen LogP contribution in [0.1, 0.15) is 32.6 Å². The van der Waals surface area contributed by atoms with Gasteiger partial charge in [0, 0.05) is 11.8 Å². The first-order valence-corrected chi connectivity index (χ1v) is 6.75. The molecule has 0 aromatic carbocycles. The molecule has 0 spiro atoms. The van der Waals surface area contributed by atoms with E-state index >= 15 is 0 Å². The minimum atomic E-state index is -0.164. The van der Waals surface area contributed by atoms with Crippen LogP contribution >= 0.6 is 11.8 Å². The van der Waals surface area contributed by atoms with Gasteiger partial charge in [-0.15, -0.1) is 0 Å². The number of hydrogen-bond donors (Lipinski definition) is 0. The standard InChI is InChI=1S/C11H19N3O2S/c1-8(2)14-10(12-7-13-14)6-17-5-9(3)11(15)16-4/h7-9H,5-6H2,1-4H3. The predicted molar refractivity (Wildman–Crippen MR) is 67.7 cm³/mol. The molecule has 1 rings (SSSR count). The molecule has 0 N–H and O–H groups in total. The predicted octanol–water partition coefficient (Wildman–Crippen LogP) is 1.90. The third-order valence-corrected chi connectivity index (χ3v) is 3.54. The maximum Gasteiger partial charge on any atom is 0.309 e. The summed E-state index contributed by atoms with van der Waals surface area (Å²) in [4.78, 5) is 15.4. The summed E-state index contributed by atoms with van der Waals surface area (Å²) in [6.07, 6.45) is 1.57. The Hall–Kier alpha value is -1.04. The quantitative estimate of drug-likeness (QED) is 0.728. The first-order valence-electron chi connectivity index (χ1n) is 5.60. The Morgan fingerprint density at radius 1 is 1.53 bits per heavy atom. The van der Waals surface area contributed by atoms with E-state index < -0.39 is 0 Å². The second kappa shape index (κ2) is 6.64. The molecular formula is C11H19N3O2S.